The molecular weight excluding hydrogens is 582 g/mol. The van der Waals surface area contributed by atoms with Gasteiger partial charge in [-0.25, -0.2) is 13.9 Å². The van der Waals surface area contributed by atoms with Gasteiger partial charge in [-0.3, -0.25) is 20.0 Å². The second kappa shape index (κ2) is 12.8. The van der Waals surface area contributed by atoms with E-state index in [2.05, 4.69) is 9.97 Å². The van der Waals surface area contributed by atoms with E-state index in [1.165, 1.54) is 35.9 Å². The largest absolute Gasteiger partial charge is 0.453 e. The molecule has 0 unspecified atom stereocenters. The second-order valence-electron chi connectivity index (χ2n) is 8.49. The van der Waals surface area contributed by atoms with Crippen molar-refractivity contribution in [2.45, 2.75) is 54.3 Å². The summed E-state index contributed by atoms with van der Waals surface area (Å²) in [4.78, 5) is 22.3. The van der Waals surface area contributed by atoms with E-state index < -0.39 is 45.4 Å². The van der Waals surface area contributed by atoms with E-state index in [0.717, 1.165) is 6.20 Å². The maximum absolute atomic E-state index is 13.5. The highest BCUT2D eigenvalue weighted by molar-refractivity contribution is 7.93. The van der Waals surface area contributed by atoms with Crippen molar-refractivity contribution in [1.29, 1.82) is 0 Å². The molecule has 1 aromatic heterocycles. The predicted molar refractivity (Wildman–Crippen MR) is 132 cm³/mol. The van der Waals surface area contributed by atoms with Crippen molar-refractivity contribution in [1.82, 2.24) is 20.3 Å². The van der Waals surface area contributed by atoms with Gasteiger partial charge in [0.15, 0.2) is 14.6 Å². The number of piperidine rings is 1. The summed E-state index contributed by atoms with van der Waals surface area (Å²) < 4.78 is 88.2. The molecule has 0 radical (unpaired) electrons. The lowest BCUT2D eigenvalue weighted by Crippen LogP contribution is -2.57. The van der Waals surface area contributed by atoms with Crippen molar-refractivity contribution in [3.8, 4) is 11.3 Å². The van der Waals surface area contributed by atoms with E-state index in [0.29, 0.717) is 25.2 Å². The summed E-state index contributed by atoms with van der Waals surface area (Å²) in [6.45, 7) is 3.33. The fourth-order valence-electron chi connectivity index (χ4n) is 4.04. The third kappa shape index (κ3) is 6.71. The van der Waals surface area contributed by atoms with Crippen molar-refractivity contribution in [3.05, 3.63) is 42.4 Å². The minimum Gasteiger partial charge on any atom is -0.303 e. The number of hydrogen-bond acceptors (Lipinski definition) is 7. The Morgan fingerprint density at radius 2 is 1.63 bits per heavy atom. The Bertz CT molecular complexity index is 1180. The lowest BCUT2D eigenvalue weighted by atomic mass is 9.95. The van der Waals surface area contributed by atoms with Gasteiger partial charge in [-0.2, -0.15) is 22.0 Å². The third-order valence-corrected chi connectivity index (χ3v) is 8.93. The van der Waals surface area contributed by atoms with Crippen LogP contribution in [0.2, 0.25) is 0 Å². The molecule has 1 fully saturated rings. The van der Waals surface area contributed by atoms with Crippen LogP contribution in [0.1, 0.15) is 31.9 Å². The Labute approximate surface area is 228 Å². The number of likely N-dealkylation sites (tertiary alicyclic amines) is 1. The molecule has 1 aromatic carbocycles. The first-order valence-electron chi connectivity index (χ1n) is 11.0. The van der Waals surface area contributed by atoms with Crippen molar-refractivity contribution in [2.75, 3.05) is 19.6 Å². The minimum absolute atomic E-state index is 0. The van der Waals surface area contributed by atoms with Crippen LogP contribution in [0.4, 0.5) is 22.0 Å². The number of amides is 1. The van der Waals surface area contributed by atoms with E-state index in [1.54, 1.807) is 0 Å². The van der Waals surface area contributed by atoms with Gasteiger partial charge in [-0.05, 0) is 37.9 Å². The highest BCUT2D eigenvalue weighted by atomic mass is 35.5. The number of hydrogen-bond donors (Lipinski definition) is 2. The summed E-state index contributed by atoms with van der Waals surface area (Å²) in [6, 6.07) is 5.39. The minimum atomic E-state index is -5.65. The zero-order valence-corrected chi connectivity index (χ0v) is 22.5. The molecule has 2 heterocycles. The molecule has 0 spiro atoms. The average molecular weight is 609 g/mol. The smallest absolute Gasteiger partial charge is 0.303 e. The van der Waals surface area contributed by atoms with E-state index in [1.807, 2.05) is 11.8 Å². The van der Waals surface area contributed by atoms with Crippen LogP contribution in [0.5, 0.6) is 0 Å². The Hall–Kier alpha value is -2.13. The average Bonchev–Trinajstić information content (AvgIpc) is 2.86. The highest BCUT2D eigenvalue weighted by Crippen LogP contribution is 2.39. The lowest BCUT2D eigenvalue weighted by Gasteiger charge is -2.39. The van der Waals surface area contributed by atoms with Gasteiger partial charge in [0, 0.05) is 31.3 Å². The van der Waals surface area contributed by atoms with Crippen LogP contribution in [0.3, 0.4) is 0 Å². The summed E-state index contributed by atoms with van der Waals surface area (Å²) in [5.41, 5.74) is 2.08. The molecule has 0 aliphatic carbocycles. The van der Waals surface area contributed by atoms with E-state index in [-0.39, 0.29) is 53.9 Å². The standard InChI is InChI=1S/C22H25F5N4O4S.2ClH/c1-2-31-11-9-20(10-12-31,19(32)30-33)36(34,35)17-5-3-15(4-6-17)18-14-28-16(13-29-18)7-8-21(23,24)22(25,26)27;;/h3-6,13-14,33H,2,7-12H2,1H3,(H,30,32);2*1H. The molecule has 16 heteroatoms. The van der Waals surface area contributed by atoms with Gasteiger partial charge < -0.3 is 4.90 Å². The zero-order valence-electron chi connectivity index (χ0n) is 20.0. The number of carbonyl (C=O) groups is 1. The number of alkyl halides is 5. The molecule has 1 aliphatic rings. The van der Waals surface area contributed by atoms with Crippen LogP contribution < -0.4 is 5.48 Å². The number of nitrogens with one attached hydrogen (secondary N) is 1. The number of aryl methyl sites for hydroxylation is 1. The van der Waals surface area contributed by atoms with Crippen LogP contribution in [0.15, 0.2) is 41.6 Å². The number of halogens is 7. The molecule has 2 N–H and O–H groups in total. The van der Waals surface area contributed by atoms with Gasteiger partial charge in [0.25, 0.3) is 5.91 Å². The normalized spacial score (nSPS) is 16.2. The number of aromatic nitrogens is 2. The van der Waals surface area contributed by atoms with Crippen LogP contribution in [-0.2, 0) is 21.1 Å². The molecule has 8 nitrogen and oxygen atoms in total. The predicted octanol–water partition coefficient (Wildman–Crippen LogP) is 4.25. The summed E-state index contributed by atoms with van der Waals surface area (Å²) in [6.07, 6.45) is -5.49. The van der Waals surface area contributed by atoms with Gasteiger partial charge in [-0.15, -0.1) is 24.8 Å². The van der Waals surface area contributed by atoms with Crippen molar-refractivity contribution < 1.29 is 40.4 Å². The van der Waals surface area contributed by atoms with E-state index >= 15 is 0 Å². The first kappa shape index (κ1) is 33.9. The van der Waals surface area contributed by atoms with Crippen LogP contribution >= 0.6 is 24.8 Å². The van der Waals surface area contributed by atoms with Crippen molar-refractivity contribution in [3.63, 3.8) is 0 Å². The Morgan fingerprint density at radius 3 is 2.08 bits per heavy atom. The van der Waals surface area contributed by atoms with Crippen LogP contribution in [-0.4, -0.2) is 70.9 Å². The van der Waals surface area contributed by atoms with Gasteiger partial charge in [0.2, 0.25) is 0 Å². The number of rotatable bonds is 8. The molecule has 38 heavy (non-hydrogen) atoms. The zero-order chi connectivity index (χ0) is 26.8. The quantitative estimate of drug-likeness (QED) is 0.262. The molecule has 1 saturated heterocycles. The number of benzene rings is 1. The van der Waals surface area contributed by atoms with Crippen molar-refractivity contribution >= 4 is 40.6 Å². The maximum atomic E-state index is 13.5. The summed E-state index contributed by atoms with van der Waals surface area (Å²) in [7, 11) is -4.20. The van der Waals surface area contributed by atoms with Gasteiger partial charge in [0.1, 0.15) is 0 Å². The molecular formula is C22H27Cl2F5N4O4S. The van der Waals surface area contributed by atoms with E-state index in [4.69, 9.17) is 0 Å². The number of carbonyl (C=O) groups excluding carboxylic acids is 1. The number of nitrogens with zero attached hydrogens (tertiary/aromatic N) is 3. The van der Waals surface area contributed by atoms with Crippen LogP contribution in [0, 0.1) is 0 Å². The first-order chi connectivity index (χ1) is 16.8. The van der Waals surface area contributed by atoms with E-state index in [9.17, 15) is 40.4 Å². The fourth-order valence-corrected chi connectivity index (χ4v) is 6.00. The topological polar surface area (TPSA) is 112 Å². The third-order valence-electron chi connectivity index (χ3n) is 6.42. The number of hydroxylamine groups is 1. The van der Waals surface area contributed by atoms with Gasteiger partial charge in [-0.1, -0.05) is 19.1 Å². The number of sulfone groups is 1. The Morgan fingerprint density at radius 1 is 1.05 bits per heavy atom. The molecule has 214 valence electrons. The SMILES string of the molecule is CCN1CCC(C(=O)NO)(S(=O)(=O)c2ccc(-c3cnc(CCC(F)(F)C(F)(F)F)cn3)cc2)CC1.Cl.Cl. The van der Waals surface area contributed by atoms with Crippen LogP contribution in [0.25, 0.3) is 11.3 Å². The molecule has 3 rings (SSSR count). The molecule has 1 aliphatic heterocycles. The summed E-state index contributed by atoms with van der Waals surface area (Å²) >= 11 is 0. The maximum Gasteiger partial charge on any atom is 0.453 e. The molecule has 0 bridgehead atoms. The Balaban J connectivity index is 0.00000361. The molecule has 0 atom stereocenters. The van der Waals surface area contributed by atoms with Gasteiger partial charge >= 0.3 is 12.1 Å². The first-order valence-corrected chi connectivity index (χ1v) is 12.5. The Kier molecular flexibility index (Phi) is 11.4. The fraction of sp³-hybridized carbons (Fsp3) is 0.500. The summed E-state index contributed by atoms with van der Waals surface area (Å²) in [5.74, 6) is -5.84. The second-order valence-corrected chi connectivity index (χ2v) is 10.8. The lowest BCUT2D eigenvalue weighted by molar-refractivity contribution is -0.284. The van der Waals surface area contributed by atoms with Gasteiger partial charge in [0.05, 0.1) is 22.5 Å². The molecule has 2 aromatic rings. The molecule has 0 saturated carbocycles. The molecule has 1 amide bonds. The highest BCUT2D eigenvalue weighted by Gasteiger charge is 2.56. The monoisotopic (exact) mass is 608 g/mol. The summed E-state index contributed by atoms with van der Waals surface area (Å²) in [5, 5.41) is 9.23. The van der Waals surface area contributed by atoms with Crippen molar-refractivity contribution in [2.24, 2.45) is 0 Å².